The number of aromatic nitrogens is 1. The summed E-state index contributed by atoms with van der Waals surface area (Å²) in [6, 6.07) is 5.02. The van der Waals surface area contributed by atoms with Gasteiger partial charge in [-0.05, 0) is 45.4 Å². The SMILES string of the molecule is CCCOc1cccnc1NC1CCN(C)C(C)C1. The van der Waals surface area contributed by atoms with Crippen molar-refractivity contribution < 1.29 is 4.74 Å². The largest absolute Gasteiger partial charge is 0.490 e. The normalized spacial score (nSPS) is 24.2. The van der Waals surface area contributed by atoms with Crippen molar-refractivity contribution >= 4 is 5.82 Å². The van der Waals surface area contributed by atoms with E-state index in [1.165, 1.54) is 0 Å². The minimum atomic E-state index is 0.491. The van der Waals surface area contributed by atoms with E-state index in [0.717, 1.165) is 44.0 Å². The van der Waals surface area contributed by atoms with Crippen LogP contribution in [0.2, 0.25) is 0 Å². The van der Waals surface area contributed by atoms with Crippen molar-refractivity contribution in [1.29, 1.82) is 0 Å². The molecule has 1 fully saturated rings. The van der Waals surface area contributed by atoms with Gasteiger partial charge in [0.1, 0.15) is 0 Å². The Bertz CT molecular complexity index is 397. The maximum atomic E-state index is 5.74. The lowest BCUT2D eigenvalue weighted by Gasteiger charge is -2.35. The van der Waals surface area contributed by atoms with Crippen LogP contribution in [-0.4, -0.2) is 42.2 Å². The highest BCUT2D eigenvalue weighted by atomic mass is 16.5. The summed E-state index contributed by atoms with van der Waals surface area (Å²) < 4.78 is 5.74. The highest BCUT2D eigenvalue weighted by Crippen LogP contribution is 2.25. The standard InChI is InChI=1S/C15H25N3O/c1-4-10-19-14-6-5-8-16-15(14)17-13-7-9-18(3)12(2)11-13/h5-6,8,12-13H,4,7,9-11H2,1-3H3,(H,16,17). The van der Waals surface area contributed by atoms with Gasteiger partial charge in [-0.1, -0.05) is 6.92 Å². The average molecular weight is 263 g/mol. The maximum Gasteiger partial charge on any atom is 0.168 e. The maximum absolute atomic E-state index is 5.74. The van der Waals surface area contributed by atoms with Gasteiger partial charge in [-0.2, -0.15) is 0 Å². The summed E-state index contributed by atoms with van der Waals surface area (Å²) in [5.41, 5.74) is 0. The first kappa shape index (κ1) is 14.1. The number of rotatable bonds is 5. The summed E-state index contributed by atoms with van der Waals surface area (Å²) in [6.07, 6.45) is 5.14. The van der Waals surface area contributed by atoms with E-state index in [9.17, 15) is 0 Å². The van der Waals surface area contributed by atoms with E-state index in [-0.39, 0.29) is 0 Å². The van der Waals surface area contributed by atoms with Crippen LogP contribution in [0.1, 0.15) is 33.1 Å². The van der Waals surface area contributed by atoms with Gasteiger partial charge in [-0.25, -0.2) is 4.98 Å². The van der Waals surface area contributed by atoms with Gasteiger partial charge in [0.05, 0.1) is 6.61 Å². The molecule has 1 aromatic rings. The second kappa shape index (κ2) is 6.75. The Balaban J connectivity index is 1.98. The van der Waals surface area contributed by atoms with Crippen LogP contribution in [0, 0.1) is 0 Å². The van der Waals surface area contributed by atoms with Crippen LogP contribution in [0.25, 0.3) is 0 Å². The van der Waals surface area contributed by atoms with E-state index in [1.54, 1.807) is 0 Å². The molecule has 1 aliphatic heterocycles. The molecular formula is C15H25N3O. The van der Waals surface area contributed by atoms with Crippen molar-refractivity contribution in [3.05, 3.63) is 18.3 Å². The molecule has 0 saturated carbocycles. The zero-order chi connectivity index (χ0) is 13.7. The second-order valence-electron chi connectivity index (χ2n) is 5.39. The fourth-order valence-corrected chi connectivity index (χ4v) is 2.44. The van der Waals surface area contributed by atoms with E-state index >= 15 is 0 Å². The van der Waals surface area contributed by atoms with E-state index in [0.29, 0.717) is 12.1 Å². The summed E-state index contributed by atoms with van der Waals surface area (Å²) in [6.45, 7) is 6.27. The van der Waals surface area contributed by atoms with Gasteiger partial charge >= 0.3 is 0 Å². The van der Waals surface area contributed by atoms with Gasteiger partial charge in [0.2, 0.25) is 0 Å². The van der Waals surface area contributed by atoms with Crippen LogP contribution >= 0.6 is 0 Å². The summed E-state index contributed by atoms with van der Waals surface area (Å²) in [5.74, 6) is 1.76. The Morgan fingerprint density at radius 3 is 3.11 bits per heavy atom. The highest BCUT2D eigenvalue weighted by molar-refractivity contribution is 5.50. The molecular weight excluding hydrogens is 238 g/mol. The highest BCUT2D eigenvalue weighted by Gasteiger charge is 2.23. The molecule has 0 radical (unpaired) electrons. The second-order valence-corrected chi connectivity index (χ2v) is 5.39. The smallest absolute Gasteiger partial charge is 0.168 e. The first-order chi connectivity index (χ1) is 9.20. The van der Waals surface area contributed by atoms with Crippen LogP contribution < -0.4 is 10.1 Å². The van der Waals surface area contributed by atoms with Crippen LogP contribution in [0.3, 0.4) is 0 Å². The zero-order valence-corrected chi connectivity index (χ0v) is 12.2. The van der Waals surface area contributed by atoms with Crippen LogP contribution in [-0.2, 0) is 0 Å². The molecule has 2 unspecified atom stereocenters. The Kier molecular flexibility index (Phi) is 5.02. The monoisotopic (exact) mass is 263 g/mol. The van der Waals surface area contributed by atoms with Gasteiger partial charge in [0.15, 0.2) is 11.6 Å². The van der Waals surface area contributed by atoms with Crippen LogP contribution in [0.5, 0.6) is 5.75 Å². The molecule has 106 valence electrons. The van der Waals surface area contributed by atoms with Crippen molar-refractivity contribution in [2.24, 2.45) is 0 Å². The molecule has 4 heteroatoms. The topological polar surface area (TPSA) is 37.4 Å². The van der Waals surface area contributed by atoms with Crippen LogP contribution in [0.4, 0.5) is 5.82 Å². The predicted molar refractivity (Wildman–Crippen MR) is 78.8 cm³/mol. The number of likely N-dealkylation sites (tertiary alicyclic amines) is 1. The van der Waals surface area contributed by atoms with Gasteiger partial charge in [0.25, 0.3) is 0 Å². The summed E-state index contributed by atoms with van der Waals surface area (Å²) in [5, 5.41) is 3.55. The number of nitrogens with zero attached hydrogens (tertiary/aromatic N) is 2. The first-order valence-electron chi connectivity index (χ1n) is 7.25. The van der Waals surface area contributed by atoms with Gasteiger partial charge < -0.3 is 15.0 Å². The quantitative estimate of drug-likeness (QED) is 0.886. The predicted octanol–water partition coefficient (Wildman–Crippen LogP) is 2.77. The van der Waals surface area contributed by atoms with Crippen molar-refractivity contribution in [1.82, 2.24) is 9.88 Å². The lowest BCUT2D eigenvalue weighted by molar-refractivity contribution is 0.189. The summed E-state index contributed by atoms with van der Waals surface area (Å²) in [4.78, 5) is 6.83. The van der Waals surface area contributed by atoms with Crippen LogP contribution in [0.15, 0.2) is 18.3 Å². The van der Waals surface area contributed by atoms with E-state index in [4.69, 9.17) is 4.74 Å². The Hall–Kier alpha value is -1.29. The molecule has 0 aliphatic carbocycles. The number of hydrogen-bond acceptors (Lipinski definition) is 4. The van der Waals surface area contributed by atoms with Crippen molar-refractivity contribution in [2.75, 3.05) is 25.5 Å². The molecule has 19 heavy (non-hydrogen) atoms. The molecule has 2 rings (SSSR count). The molecule has 4 nitrogen and oxygen atoms in total. The zero-order valence-electron chi connectivity index (χ0n) is 12.2. The first-order valence-corrected chi connectivity index (χ1v) is 7.25. The minimum absolute atomic E-state index is 0.491. The molecule has 2 heterocycles. The lowest BCUT2D eigenvalue weighted by atomic mass is 9.99. The molecule has 2 atom stereocenters. The van der Waals surface area contributed by atoms with E-state index < -0.39 is 0 Å². The molecule has 0 amide bonds. The number of hydrogen-bond donors (Lipinski definition) is 1. The number of ether oxygens (including phenoxy) is 1. The molecule has 1 N–H and O–H groups in total. The molecule has 0 spiro atoms. The van der Waals surface area contributed by atoms with Crippen molar-refractivity contribution in [3.8, 4) is 5.75 Å². The third kappa shape index (κ3) is 3.83. The number of anilines is 1. The fourth-order valence-electron chi connectivity index (χ4n) is 2.44. The number of piperidine rings is 1. The third-order valence-corrected chi connectivity index (χ3v) is 3.78. The number of nitrogens with one attached hydrogen (secondary N) is 1. The Labute approximate surface area is 116 Å². The summed E-state index contributed by atoms with van der Waals surface area (Å²) >= 11 is 0. The van der Waals surface area contributed by atoms with Gasteiger partial charge in [-0.3, -0.25) is 0 Å². The summed E-state index contributed by atoms with van der Waals surface area (Å²) in [7, 11) is 2.19. The molecule has 1 aromatic heterocycles. The molecule has 0 aromatic carbocycles. The Morgan fingerprint density at radius 2 is 2.37 bits per heavy atom. The Morgan fingerprint density at radius 1 is 1.53 bits per heavy atom. The lowest BCUT2D eigenvalue weighted by Crippen LogP contribution is -2.42. The molecule has 1 saturated heterocycles. The van der Waals surface area contributed by atoms with E-state index in [2.05, 4.69) is 36.1 Å². The third-order valence-electron chi connectivity index (χ3n) is 3.78. The molecule has 1 aliphatic rings. The van der Waals surface area contributed by atoms with Gasteiger partial charge in [0, 0.05) is 24.8 Å². The van der Waals surface area contributed by atoms with Crippen molar-refractivity contribution in [2.45, 2.75) is 45.2 Å². The molecule has 0 bridgehead atoms. The fraction of sp³-hybridized carbons (Fsp3) is 0.667. The van der Waals surface area contributed by atoms with E-state index in [1.807, 2.05) is 18.3 Å². The minimum Gasteiger partial charge on any atom is -0.490 e. The average Bonchev–Trinajstić information content (AvgIpc) is 2.42. The van der Waals surface area contributed by atoms with Gasteiger partial charge in [-0.15, -0.1) is 0 Å². The number of pyridine rings is 1. The van der Waals surface area contributed by atoms with Crippen molar-refractivity contribution in [3.63, 3.8) is 0 Å².